The van der Waals surface area contributed by atoms with E-state index in [2.05, 4.69) is 10.3 Å². The second kappa shape index (κ2) is 6.70. The SMILES string of the molecule is Nc1c(Cl)cc(NC(=O)Cn2cnc3ccc(F)cc3c2=O)cc1Cl. The molecule has 0 spiro atoms. The summed E-state index contributed by atoms with van der Waals surface area (Å²) in [6.07, 6.45) is 1.23. The van der Waals surface area contributed by atoms with Crippen LogP contribution >= 0.6 is 23.2 Å². The van der Waals surface area contributed by atoms with Crippen LogP contribution in [0.4, 0.5) is 15.8 Å². The van der Waals surface area contributed by atoms with E-state index >= 15 is 0 Å². The van der Waals surface area contributed by atoms with Gasteiger partial charge in [0.25, 0.3) is 5.56 Å². The summed E-state index contributed by atoms with van der Waals surface area (Å²) < 4.78 is 14.4. The molecule has 0 saturated carbocycles. The minimum Gasteiger partial charge on any atom is -0.396 e. The Morgan fingerprint density at radius 3 is 2.60 bits per heavy atom. The molecule has 9 heteroatoms. The maximum absolute atomic E-state index is 13.3. The van der Waals surface area contributed by atoms with Crippen molar-refractivity contribution in [1.82, 2.24) is 9.55 Å². The van der Waals surface area contributed by atoms with Gasteiger partial charge in [0.1, 0.15) is 12.4 Å². The van der Waals surface area contributed by atoms with Crippen LogP contribution in [0.15, 0.2) is 41.5 Å². The van der Waals surface area contributed by atoms with E-state index in [0.717, 1.165) is 10.6 Å². The summed E-state index contributed by atoms with van der Waals surface area (Å²) in [5, 5.41) is 3.05. The number of benzene rings is 2. The van der Waals surface area contributed by atoms with Crippen LogP contribution in [0, 0.1) is 5.82 Å². The Morgan fingerprint density at radius 1 is 1.24 bits per heavy atom. The number of rotatable bonds is 3. The van der Waals surface area contributed by atoms with Crippen LogP contribution in [0.1, 0.15) is 0 Å². The van der Waals surface area contributed by atoms with Crippen molar-refractivity contribution >= 4 is 51.4 Å². The maximum atomic E-state index is 13.3. The average Bonchev–Trinajstić information content (AvgIpc) is 2.55. The molecule has 0 aliphatic heterocycles. The number of hydrogen-bond donors (Lipinski definition) is 2. The average molecular weight is 381 g/mol. The van der Waals surface area contributed by atoms with Crippen LogP contribution in [0.2, 0.25) is 10.0 Å². The molecule has 128 valence electrons. The lowest BCUT2D eigenvalue weighted by Gasteiger charge is -2.10. The topological polar surface area (TPSA) is 90.0 Å². The van der Waals surface area contributed by atoms with Crippen LogP contribution in [0.5, 0.6) is 0 Å². The number of nitrogens with two attached hydrogens (primary N) is 1. The molecule has 0 aliphatic rings. The van der Waals surface area contributed by atoms with Crippen molar-refractivity contribution in [1.29, 1.82) is 0 Å². The molecule has 0 saturated heterocycles. The van der Waals surface area contributed by atoms with Gasteiger partial charge in [-0.15, -0.1) is 0 Å². The first-order valence-electron chi connectivity index (χ1n) is 7.04. The summed E-state index contributed by atoms with van der Waals surface area (Å²) in [7, 11) is 0. The number of aromatic nitrogens is 2. The number of nitrogens with zero attached hydrogens (tertiary/aromatic N) is 2. The summed E-state index contributed by atoms with van der Waals surface area (Å²) in [4.78, 5) is 28.5. The Bertz CT molecular complexity index is 1030. The first-order chi connectivity index (χ1) is 11.8. The van der Waals surface area contributed by atoms with E-state index in [-0.39, 0.29) is 27.7 Å². The van der Waals surface area contributed by atoms with Gasteiger partial charge in [0, 0.05) is 5.69 Å². The minimum atomic E-state index is -0.556. The fourth-order valence-electron chi connectivity index (χ4n) is 2.26. The van der Waals surface area contributed by atoms with Gasteiger partial charge in [-0.2, -0.15) is 0 Å². The van der Waals surface area contributed by atoms with Crippen LogP contribution in [0.25, 0.3) is 10.9 Å². The highest BCUT2D eigenvalue weighted by atomic mass is 35.5. The number of anilines is 2. The van der Waals surface area contributed by atoms with Crippen LogP contribution in [0.3, 0.4) is 0 Å². The minimum absolute atomic E-state index is 0.0915. The molecule has 3 rings (SSSR count). The molecule has 1 heterocycles. The first-order valence-corrected chi connectivity index (χ1v) is 7.80. The van der Waals surface area contributed by atoms with Crippen molar-refractivity contribution in [2.45, 2.75) is 6.54 Å². The highest BCUT2D eigenvalue weighted by Gasteiger charge is 2.11. The molecule has 25 heavy (non-hydrogen) atoms. The lowest BCUT2D eigenvalue weighted by molar-refractivity contribution is -0.116. The number of nitrogens with one attached hydrogen (secondary N) is 1. The van der Waals surface area contributed by atoms with E-state index in [4.69, 9.17) is 28.9 Å². The van der Waals surface area contributed by atoms with Gasteiger partial charge in [0.2, 0.25) is 5.91 Å². The van der Waals surface area contributed by atoms with Crippen LogP contribution in [-0.2, 0) is 11.3 Å². The largest absolute Gasteiger partial charge is 0.396 e. The van der Waals surface area contributed by atoms with Gasteiger partial charge in [-0.3, -0.25) is 14.2 Å². The zero-order valence-corrected chi connectivity index (χ0v) is 14.1. The third kappa shape index (κ3) is 3.57. The number of carbonyl (C=O) groups is 1. The lowest BCUT2D eigenvalue weighted by Crippen LogP contribution is -2.28. The molecule has 1 amide bonds. The van der Waals surface area contributed by atoms with Gasteiger partial charge in [-0.05, 0) is 30.3 Å². The Kier molecular flexibility index (Phi) is 4.61. The van der Waals surface area contributed by atoms with Gasteiger partial charge in [-0.1, -0.05) is 23.2 Å². The van der Waals surface area contributed by atoms with Crippen molar-refractivity contribution in [2.75, 3.05) is 11.1 Å². The zero-order valence-electron chi connectivity index (χ0n) is 12.6. The third-order valence-electron chi connectivity index (χ3n) is 3.46. The summed E-state index contributed by atoms with van der Waals surface area (Å²) in [6.45, 7) is -0.308. The third-order valence-corrected chi connectivity index (χ3v) is 4.09. The molecule has 0 bridgehead atoms. The van der Waals surface area contributed by atoms with E-state index in [1.807, 2.05) is 0 Å². The van der Waals surface area contributed by atoms with E-state index in [1.54, 1.807) is 0 Å². The smallest absolute Gasteiger partial charge is 0.261 e. The van der Waals surface area contributed by atoms with Crippen LogP contribution in [-0.4, -0.2) is 15.5 Å². The highest BCUT2D eigenvalue weighted by Crippen LogP contribution is 2.31. The Morgan fingerprint density at radius 2 is 1.92 bits per heavy atom. The van der Waals surface area contributed by atoms with Gasteiger partial charge < -0.3 is 11.1 Å². The number of amides is 1. The second-order valence-electron chi connectivity index (χ2n) is 5.24. The van der Waals surface area contributed by atoms with Crippen molar-refractivity contribution in [3.05, 3.63) is 62.9 Å². The molecule has 3 aromatic rings. The van der Waals surface area contributed by atoms with E-state index in [0.29, 0.717) is 11.2 Å². The molecule has 6 nitrogen and oxygen atoms in total. The lowest BCUT2D eigenvalue weighted by atomic mass is 10.2. The number of fused-ring (bicyclic) bond motifs is 1. The molecule has 1 aromatic heterocycles. The summed E-state index contributed by atoms with van der Waals surface area (Å²) in [5.74, 6) is -1.06. The molecule has 0 fully saturated rings. The van der Waals surface area contributed by atoms with E-state index in [9.17, 15) is 14.0 Å². The Balaban J connectivity index is 1.85. The summed E-state index contributed by atoms with van der Waals surface area (Å²) >= 11 is 11.8. The number of hydrogen-bond acceptors (Lipinski definition) is 4. The molecule has 0 aliphatic carbocycles. The normalized spacial score (nSPS) is 10.8. The summed E-state index contributed by atoms with van der Waals surface area (Å²) in [6, 6.07) is 6.57. The molecule has 0 atom stereocenters. The zero-order chi connectivity index (χ0) is 18.1. The second-order valence-corrected chi connectivity index (χ2v) is 6.06. The van der Waals surface area contributed by atoms with Gasteiger partial charge in [0.05, 0.1) is 33.0 Å². The highest BCUT2D eigenvalue weighted by molar-refractivity contribution is 6.39. The standard InChI is InChI=1S/C16H11Cl2FN4O2/c17-11-4-9(5-12(18)15(11)20)22-14(24)6-23-7-21-13-2-1-8(19)3-10(13)16(23)25/h1-5,7H,6,20H2,(H,22,24). The van der Waals surface area contributed by atoms with Crippen molar-refractivity contribution < 1.29 is 9.18 Å². The fraction of sp³-hybridized carbons (Fsp3) is 0.0625. The fourth-order valence-corrected chi connectivity index (χ4v) is 2.74. The molecule has 0 radical (unpaired) electrons. The van der Waals surface area contributed by atoms with Gasteiger partial charge >= 0.3 is 0 Å². The summed E-state index contributed by atoms with van der Waals surface area (Å²) in [5.41, 5.74) is 6.00. The predicted octanol–water partition coefficient (Wildman–Crippen LogP) is 3.06. The van der Waals surface area contributed by atoms with Gasteiger partial charge in [-0.25, -0.2) is 9.37 Å². The van der Waals surface area contributed by atoms with Gasteiger partial charge in [0.15, 0.2) is 0 Å². The monoisotopic (exact) mass is 380 g/mol. The first kappa shape index (κ1) is 17.2. The van der Waals surface area contributed by atoms with Crippen molar-refractivity contribution in [3.63, 3.8) is 0 Å². The Hall–Kier alpha value is -2.64. The molecule has 3 N–H and O–H groups in total. The Labute approximate surface area is 151 Å². The van der Waals surface area contributed by atoms with Crippen molar-refractivity contribution in [2.24, 2.45) is 0 Å². The van der Waals surface area contributed by atoms with E-state index in [1.165, 1.54) is 30.6 Å². The number of carbonyl (C=O) groups excluding carboxylic acids is 1. The van der Waals surface area contributed by atoms with Crippen molar-refractivity contribution in [3.8, 4) is 0 Å². The predicted molar refractivity (Wildman–Crippen MR) is 95.5 cm³/mol. The molecular weight excluding hydrogens is 370 g/mol. The molecule has 2 aromatic carbocycles. The quantitative estimate of drug-likeness (QED) is 0.683. The van der Waals surface area contributed by atoms with Crippen LogP contribution < -0.4 is 16.6 Å². The van der Waals surface area contributed by atoms with E-state index < -0.39 is 17.3 Å². The molecular formula is C16H11Cl2FN4O2. The number of nitrogen functional groups attached to an aromatic ring is 1. The molecule has 0 unspecified atom stereocenters. The maximum Gasteiger partial charge on any atom is 0.261 e. The number of halogens is 3.